The molecule has 0 aliphatic rings. The van der Waals surface area contributed by atoms with E-state index >= 15 is 0 Å². The number of allylic oxidation sites excluding steroid dienone is 1. The van der Waals surface area contributed by atoms with Gasteiger partial charge in [0.15, 0.2) is 0 Å². The number of benzene rings is 2. The molecule has 0 saturated carbocycles. The molecule has 2 aromatic carbocycles. The molecule has 0 aromatic heterocycles. The maximum atomic E-state index is 10.1. The third kappa shape index (κ3) is 3.71. The summed E-state index contributed by atoms with van der Waals surface area (Å²) in [6.45, 7) is 3.67. The fraction of sp³-hybridized carbons (Fsp3) is 0.0625. The molecule has 0 fully saturated rings. The average Bonchev–Trinajstić information content (AvgIpc) is 2.45. The van der Waals surface area contributed by atoms with Gasteiger partial charge in [0, 0.05) is 10.0 Å². The Kier molecular flexibility index (Phi) is 4.96. The highest BCUT2D eigenvalue weighted by atomic mass is 79.9. The van der Waals surface area contributed by atoms with Crippen LogP contribution >= 0.6 is 15.9 Å². The lowest BCUT2D eigenvalue weighted by atomic mass is 10.1. The Bertz CT molecular complexity index is 621. The molecule has 2 rings (SSSR count). The van der Waals surface area contributed by atoms with Gasteiger partial charge >= 0.3 is 0 Å². The number of anilines is 1. The first-order valence-corrected chi connectivity index (χ1v) is 6.96. The van der Waals surface area contributed by atoms with E-state index in [1.54, 1.807) is 12.3 Å². The second-order valence-corrected chi connectivity index (χ2v) is 5.14. The van der Waals surface area contributed by atoms with Crippen LogP contribution in [0.25, 0.3) is 0 Å². The van der Waals surface area contributed by atoms with E-state index in [2.05, 4.69) is 33.0 Å². The maximum absolute atomic E-state index is 10.1. The van der Waals surface area contributed by atoms with Gasteiger partial charge in [-0.1, -0.05) is 34.1 Å². The first-order valence-electron chi connectivity index (χ1n) is 6.17. The number of phenolic OH excluding ortho intramolecular Hbond substituents is 1. The van der Waals surface area contributed by atoms with Crippen molar-refractivity contribution in [2.45, 2.75) is 6.42 Å². The first kappa shape index (κ1) is 14.3. The number of hydrogen-bond donors (Lipinski definition) is 2. The molecule has 0 unspecified atom stereocenters. The minimum Gasteiger partial charge on any atom is -0.507 e. The van der Waals surface area contributed by atoms with Crippen LogP contribution in [0.4, 0.5) is 5.69 Å². The van der Waals surface area contributed by atoms with Gasteiger partial charge in [0.25, 0.3) is 0 Å². The molecular formula is C16H15BrN2O. The lowest BCUT2D eigenvalue weighted by Crippen LogP contribution is -1.92. The Labute approximate surface area is 126 Å². The summed E-state index contributed by atoms with van der Waals surface area (Å²) in [6.07, 6.45) is 3.99. The van der Waals surface area contributed by atoms with Crippen molar-refractivity contribution < 1.29 is 5.11 Å². The molecule has 20 heavy (non-hydrogen) atoms. The van der Waals surface area contributed by atoms with Crippen LogP contribution in [0.1, 0.15) is 11.1 Å². The quantitative estimate of drug-likeness (QED) is 0.487. The predicted molar refractivity (Wildman–Crippen MR) is 87.4 cm³/mol. The van der Waals surface area contributed by atoms with Crippen LogP contribution in [-0.2, 0) is 6.42 Å². The molecule has 0 aliphatic heterocycles. The van der Waals surface area contributed by atoms with Crippen molar-refractivity contribution in [3.63, 3.8) is 0 Å². The molecule has 0 radical (unpaired) electrons. The summed E-state index contributed by atoms with van der Waals surface area (Å²) in [5.41, 5.74) is 5.31. The molecule has 0 atom stereocenters. The number of rotatable bonds is 5. The van der Waals surface area contributed by atoms with Gasteiger partial charge in [-0.2, -0.15) is 5.10 Å². The molecule has 3 nitrogen and oxygen atoms in total. The molecule has 0 saturated heterocycles. The van der Waals surface area contributed by atoms with E-state index in [9.17, 15) is 5.11 Å². The minimum absolute atomic E-state index is 0.244. The summed E-state index contributed by atoms with van der Waals surface area (Å²) < 4.78 is 1.02. The topological polar surface area (TPSA) is 44.6 Å². The lowest BCUT2D eigenvalue weighted by molar-refractivity contribution is 0.469. The zero-order valence-corrected chi connectivity index (χ0v) is 12.5. The van der Waals surface area contributed by atoms with Crippen molar-refractivity contribution in [2.75, 3.05) is 5.43 Å². The Balaban J connectivity index is 2.09. The minimum atomic E-state index is 0.244. The summed E-state index contributed by atoms with van der Waals surface area (Å²) in [6, 6.07) is 13.3. The van der Waals surface area contributed by atoms with E-state index in [0.29, 0.717) is 12.0 Å². The lowest BCUT2D eigenvalue weighted by Gasteiger charge is -2.05. The molecule has 2 aromatic rings. The summed E-state index contributed by atoms with van der Waals surface area (Å²) in [5.74, 6) is 0.244. The average molecular weight is 331 g/mol. The number of nitrogens with zero attached hydrogens (tertiary/aromatic N) is 1. The summed E-state index contributed by atoms with van der Waals surface area (Å²) in [4.78, 5) is 0. The highest BCUT2D eigenvalue weighted by Crippen LogP contribution is 2.21. The second kappa shape index (κ2) is 6.91. The van der Waals surface area contributed by atoms with E-state index in [1.165, 1.54) is 0 Å². The van der Waals surface area contributed by atoms with Crippen molar-refractivity contribution in [2.24, 2.45) is 5.10 Å². The van der Waals surface area contributed by atoms with E-state index in [0.717, 1.165) is 15.7 Å². The highest BCUT2D eigenvalue weighted by molar-refractivity contribution is 9.10. The van der Waals surface area contributed by atoms with Crippen LogP contribution in [-0.4, -0.2) is 11.3 Å². The predicted octanol–water partition coefficient (Wildman–Crippen LogP) is 4.33. The van der Waals surface area contributed by atoms with Crippen LogP contribution in [0.2, 0.25) is 0 Å². The highest BCUT2D eigenvalue weighted by Gasteiger charge is 2.03. The van der Waals surface area contributed by atoms with Gasteiger partial charge in [-0.3, -0.25) is 5.43 Å². The molecule has 0 heterocycles. The SMILES string of the molecule is C=CCc1cccc(C=NNc2ccc(Br)cc2)c1O. The molecule has 0 spiro atoms. The monoisotopic (exact) mass is 330 g/mol. The number of hydrazone groups is 1. The zero-order chi connectivity index (χ0) is 14.4. The van der Waals surface area contributed by atoms with Crippen molar-refractivity contribution >= 4 is 27.8 Å². The van der Waals surface area contributed by atoms with Crippen LogP contribution in [0.5, 0.6) is 5.75 Å². The van der Waals surface area contributed by atoms with Crippen LogP contribution in [0.3, 0.4) is 0 Å². The third-order valence-corrected chi connectivity index (χ3v) is 3.29. The Morgan fingerprint density at radius 2 is 1.95 bits per heavy atom. The van der Waals surface area contributed by atoms with E-state index in [1.807, 2.05) is 42.5 Å². The zero-order valence-electron chi connectivity index (χ0n) is 10.9. The summed E-state index contributed by atoms with van der Waals surface area (Å²) in [7, 11) is 0. The van der Waals surface area contributed by atoms with Gasteiger partial charge in [-0.25, -0.2) is 0 Å². The number of phenols is 1. The van der Waals surface area contributed by atoms with Gasteiger partial charge in [-0.15, -0.1) is 6.58 Å². The molecule has 0 bridgehead atoms. The Morgan fingerprint density at radius 1 is 1.20 bits per heavy atom. The maximum Gasteiger partial charge on any atom is 0.127 e. The number of nitrogens with one attached hydrogen (secondary N) is 1. The molecule has 0 aliphatic carbocycles. The van der Waals surface area contributed by atoms with Crippen LogP contribution < -0.4 is 5.43 Å². The van der Waals surface area contributed by atoms with Gasteiger partial charge in [0.2, 0.25) is 0 Å². The fourth-order valence-electron chi connectivity index (χ4n) is 1.74. The molecule has 102 valence electrons. The Hall–Kier alpha value is -2.07. The molecular weight excluding hydrogens is 316 g/mol. The van der Waals surface area contributed by atoms with Gasteiger partial charge in [0.1, 0.15) is 5.75 Å². The van der Waals surface area contributed by atoms with Crippen molar-refractivity contribution in [3.05, 3.63) is 70.7 Å². The van der Waals surface area contributed by atoms with Crippen LogP contribution in [0.15, 0.2) is 64.7 Å². The largest absolute Gasteiger partial charge is 0.507 e. The standard InChI is InChI=1S/C16H15BrN2O/c1-2-4-12-5-3-6-13(16(12)20)11-18-19-15-9-7-14(17)8-10-15/h2-3,5-11,19-20H,1,4H2. The van der Waals surface area contributed by atoms with E-state index in [4.69, 9.17) is 0 Å². The summed E-state index contributed by atoms with van der Waals surface area (Å²) >= 11 is 3.38. The number of hydrogen-bond acceptors (Lipinski definition) is 3. The van der Waals surface area contributed by atoms with Crippen LogP contribution in [0, 0.1) is 0 Å². The smallest absolute Gasteiger partial charge is 0.127 e. The van der Waals surface area contributed by atoms with Crippen molar-refractivity contribution in [1.29, 1.82) is 0 Å². The van der Waals surface area contributed by atoms with Crippen molar-refractivity contribution in [3.8, 4) is 5.75 Å². The first-order chi connectivity index (χ1) is 9.70. The van der Waals surface area contributed by atoms with Crippen molar-refractivity contribution in [1.82, 2.24) is 0 Å². The third-order valence-electron chi connectivity index (χ3n) is 2.76. The number of para-hydroxylation sites is 1. The normalized spacial score (nSPS) is 10.7. The molecule has 4 heteroatoms. The summed E-state index contributed by atoms with van der Waals surface area (Å²) in [5, 5.41) is 14.2. The van der Waals surface area contributed by atoms with E-state index < -0.39 is 0 Å². The van der Waals surface area contributed by atoms with Gasteiger partial charge in [-0.05, 0) is 42.3 Å². The fourth-order valence-corrected chi connectivity index (χ4v) is 2.00. The molecule has 0 amide bonds. The molecule has 2 N–H and O–H groups in total. The Morgan fingerprint density at radius 3 is 2.65 bits per heavy atom. The van der Waals surface area contributed by atoms with E-state index in [-0.39, 0.29) is 5.75 Å². The second-order valence-electron chi connectivity index (χ2n) is 4.22. The van der Waals surface area contributed by atoms with Gasteiger partial charge < -0.3 is 5.11 Å². The number of aromatic hydroxyl groups is 1. The van der Waals surface area contributed by atoms with Gasteiger partial charge in [0.05, 0.1) is 11.9 Å². The number of halogens is 1.